The molecule has 0 radical (unpaired) electrons. The second kappa shape index (κ2) is 7.14. The number of halogens is 1. The molecule has 0 aliphatic carbocycles. The fraction of sp³-hybridized carbons (Fsp3) is 0.105. The van der Waals surface area contributed by atoms with E-state index in [4.69, 9.17) is 11.6 Å². The van der Waals surface area contributed by atoms with Crippen LogP contribution in [-0.4, -0.2) is 9.78 Å². The Morgan fingerprint density at radius 3 is 2.52 bits per heavy atom. The normalized spacial score (nSPS) is 10.5. The minimum atomic E-state index is -0.411. The summed E-state index contributed by atoms with van der Waals surface area (Å²) in [5, 5.41) is 15.2. The van der Waals surface area contributed by atoms with E-state index in [2.05, 4.69) is 5.10 Å². The lowest BCUT2D eigenvalue weighted by Gasteiger charge is -2.11. The van der Waals surface area contributed by atoms with E-state index in [-0.39, 0.29) is 5.56 Å². The third kappa shape index (κ3) is 3.60. The third-order valence-electron chi connectivity index (χ3n) is 3.68. The number of benzene rings is 2. The Hall–Kier alpha value is -2.55. The summed E-state index contributed by atoms with van der Waals surface area (Å²) >= 11 is 7.31. The van der Waals surface area contributed by atoms with Gasteiger partial charge in [-0.15, -0.1) is 0 Å². The molecule has 4 nitrogen and oxygen atoms in total. The second-order valence-electron chi connectivity index (χ2n) is 5.53. The Bertz CT molecular complexity index is 1040. The van der Waals surface area contributed by atoms with E-state index >= 15 is 0 Å². The smallest absolute Gasteiger partial charge is 0.266 e. The highest BCUT2D eigenvalue weighted by molar-refractivity contribution is 7.99. The van der Waals surface area contributed by atoms with Gasteiger partial charge in [-0.2, -0.15) is 15.0 Å². The van der Waals surface area contributed by atoms with Crippen LogP contribution in [0.5, 0.6) is 0 Å². The molecule has 0 aliphatic heterocycles. The second-order valence-corrected chi connectivity index (χ2v) is 7.03. The van der Waals surface area contributed by atoms with Gasteiger partial charge in [0.2, 0.25) is 0 Å². The lowest BCUT2D eigenvalue weighted by molar-refractivity contribution is 0.738. The van der Waals surface area contributed by atoms with Crippen molar-refractivity contribution in [2.75, 3.05) is 0 Å². The first-order valence-electron chi connectivity index (χ1n) is 7.54. The Balaban J connectivity index is 2.16. The molecule has 0 N–H and O–H groups in total. The maximum Gasteiger partial charge on any atom is 0.289 e. The number of rotatable bonds is 3. The van der Waals surface area contributed by atoms with Gasteiger partial charge < -0.3 is 0 Å². The van der Waals surface area contributed by atoms with E-state index in [9.17, 15) is 10.1 Å². The molecule has 3 aromatic rings. The fourth-order valence-corrected chi connectivity index (χ4v) is 3.36. The van der Waals surface area contributed by atoms with E-state index in [1.807, 2.05) is 43.3 Å². The van der Waals surface area contributed by atoms with Crippen molar-refractivity contribution in [3.05, 3.63) is 80.6 Å². The first kappa shape index (κ1) is 17.3. The van der Waals surface area contributed by atoms with Gasteiger partial charge in [0.25, 0.3) is 5.56 Å². The number of aromatic nitrogens is 2. The zero-order chi connectivity index (χ0) is 18.0. The molecule has 25 heavy (non-hydrogen) atoms. The Morgan fingerprint density at radius 1 is 1.16 bits per heavy atom. The molecule has 0 atom stereocenters. The highest BCUT2D eigenvalue weighted by Gasteiger charge is 2.16. The summed E-state index contributed by atoms with van der Waals surface area (Å²) in [4.78, 5) is 13.6. The molecule has 0 saturated carbocycles. The van der Waals surface area contributed by atoms with Gasteiger partial charge in [0.1, 0.15) is 16.7 Å². The molecule has 0 bridgehead atoms. The lowest BCUT2D eigenvalue weighted by Crippen LogP contribution is -2.25. The zero-order valence-electron chi connectivity index (χ0n) is 13.7. The van der Waals surface area contributed by atoms with Crippen LogP contribution in [0.4, 0.5) is 0 Å². The van der Waals surface area contributed by atoms with E-state index in [1.165, 1.54) is 16.4 Å². The number of nitriles is 1. The summed E-state index contributed by atoms with van der Waals surface area (Å²) in [6, 6.07) is 16.8. The highest BCUT2D eigenvalue weighted by Crippen LogP contribution is 2.30. The van der Waals surface area contributed by atoms with Crippen molar-refractivity contribution in [1.82, 2.24) is 9.78 Å². The number of hydrogen-bond donors (Lipinski definition) is 0. The molecule has 3 rings (SSSR count). The van der Waals surface area contributed by atoms with E-state index in [0.717, 1.165) is 10.5 Å². The predicted molar refractivity (Wildman–Crippen MR) is 99.6 cm³/mol. The summed E-state index contributed by atoms with van der Waals surface area (Å²) < 4.78 is 1.29. The van der Waals surface area contributed by atoms with Crippen LogP contribution < -0.4 is 5.56 Å². The summed E-state index contributed by atoms with van der Waals surface area (Å²) in [7, 11) is 0. The first-order valence-corrected chi connectivity index (χ1v) is 8.73. The molecule has 6 heteroatoms. The molecule has 0 aliphatic rings. The van der Waals surface area contributed by atoms with Gasteiger partial charge in [0.15, 0.2) is 0 Å². The van der Waals surface area contributed by atoms with Crippen LogP contribution in [0.3, 0.4) is 0 Å². The van der Waals surface area contributed by atoms with Crippen LogP contribution in [0.2, 0.25) is 5.02 Å². The van der Waals surface area contributed by atoms with Gasteiger partial charge in [-0.05, 0) is 55.8 Å². The Morgan fingerprint density at radius 2 is 1.88 bits per heavy atom. The number of nitrogens with zero attached hydrogens (tertiary/aromatic N) is 3. The van der Waals surface area contributed by atoms with Crippen LogP contribution >= 0.6 is 23.4 Å². The maximum atomic E-state index is 12.6. The van der Waals surface area contributed by atoms with Gasteiger partial charge in [0.05, 0.1) is 5.69 Å². The molecule has 0 amide bonds. The summed E-state index contributed by atoms with van der Waals surface area (Å²) in [6.45, 7) is 3.68. The fourth-order valence-electron chi connectivity index (χ4n) is 2.36. The van der Waals surface area contributed by atoms with E-state index in [0.29, 0.717) is 21.3 Å². The summed E-state index contributed by atoms with van der Waals surface area (Å²) in [5.41, 5.74) is 1.92. The average molecular weight is 368 g/mol. The lowest BCUT2D eigenvalue weighted by atomic mass is 10.2. The van der Waals surface area contributed by atoms with Crippen LogP contribution in [-0.2, 0) is 0 Å². The van der Waals surface area contributed by atoms with Crippen molar-refractivity contribution in [1.29, 1.82) is 5.26 Å². The Labute approximate surface area is 154 Å². The van der Waals surface area contributed by atoms with Gasteiger partial charge >= 0.3 is 0 Å². The monoisotopic (exact) mass is 367 g/mol. The molecule has 0 fully saturated rings. The maximum absolute atomic E-state index is 12.6. The van der Waals surface area contributed by atoms with Crippen molar-refractivity contribution < 1.29 is 0 Å². The van der Waals surface area contributed by atoms with E-state index in [1.54, 1.807) is 25.1 Å². The van der Waals surface area contributed by atoms with Gasteiger partial charge in [-0.25, -0.2) is 0 Å². The summed E-state index contributed by atoms with van der Waals surface area (Å²) in [5.74, 6) is 0. The van der Waals surface area contributed by atoms with Crippen LogP contribution in [0.15, 0.2) is 63.2 Å². The minimum absolute atomic E-state index is 0.105. The molecule has 2 aromatic carbocycles. The predicted octanol–water partition coefficient (Wildman–Crippen LogP) is 4.53. The first-order chi connectivity index (χ1) is 12.0. The zero-order valence-corrected chi connectivity index (χ0v) is 15.2. The van der Waals surface area contributed by atoms with E-state index < -0.39 is 5.56 Å². The van der Waals surface area contributed by atoms with Crippen LogP contribution in [0, 0.1) is 25.2 Å². The van der Waals surface area contributed by atoms with Crippen molar-refractivity contribution in [2.24, 2.45) is 0 Å². The average Bonchev–Trinajstić information content (AvgIpc) is 2.59. The van der Waals surface area contributed by atoms with Gasteiger partial charge in [-0.3, -0.25) is 4.79 Å². The molecule has 0 saturated heterocycles. The summed E-state index contributed by atoms with van der Waals surface area (Å²) in [6.07, 6.45) is 0. The molecule has 124 valence electrons. The van der Waals surface area contributed by atoms with Crippen LogP contribution in [0.25, 0.3) is 5.69 Å². The SMILES string of the molecule is Cc1cccc(-n2nc(Sc3ccc(Cl)cc3)c(C)c(C#N)c2=O)c1. The molecule has 1 aromatic heterocycles. The van der Waals surface area contributed by atoms with Crippen molar-refractivity contribution in [3.63, 3.8) is 0 Å². The van der Waals surface area contributed by atoms with Gasteiger partial charge in [0, 0.05) is 15.5 Å². The number of hydrogen-bond acceptors (Lipinski definition) is 4. The van der Waals surface area contributed by atoms with Gasteiger partial charge in [-0.1, -0.05) is 35.5 Å². The third-order valence-corrected chi connectivity index (χ3v) is 5.02. The molecule has 1 heterocycles. The number of aryl methyl sites for hydroxylation is 1. The standard InChI is InChI=1S/C19H14ClN3OS/c1-12-4-3-5-15(10-12)23-19(24)17(11-21)13(2)18(22-23)25-16-8-6-14(20)7-9-16/h3-10H,1-2H3. The molecular formula is C19H14ClN3OS. The molecule has 0 spiro atoms. The molecule has 0 unspecified atom stereocenters. The Kier molecular flexibility index (Phi) is 4.93. The van der Waals surface area contributed by atoms with Crippen molar-refractivity contribution in [3.8, 4) is 11.8 Å². The highest BCUT2D eigenvalue weighted by atomic mass is 35.5. The van der Waals surface area contributed by atoms with Crippen LogP contribution in [0.1, 0.15) is 16.7 Å². The quantitative estimate of drug-likeness (QED) is 0.682. The topological polar surface area (TPSA) is 58.7 Å². The minimum Gasteiger partial charge on any atom is -0.266 e. The van der Waals surface area contributed by atoms with Crippen molar-refractivity contribution in [2.45, 2.75) is 23.8 Å². The van der Waals surface area contributed by atoms with Crippen molar-refractivity contribution >= 4 is 23.4 Å². The molecular weight excluding hydrogens is 354 g/mol. The largest absolute Gasteiger partial charge is 0.289 e.